The van der Waals surface area contributed by atoms with E-state index >= 15 is 0 Å². The average molecular weight is 471 g/mol. The summed E-state index contributed by atoms with van der Waals surface area (Å²) >= 11 is 0. The summed E-state index contributed by atoms with van der Waals surface area (Å²) in [5.41, 5.74) is 2.29. The lowest BCUT2D eigenvalue weighted by molar-refractivity contribution is 0.0369. The molecule has 0 aliphatic carbocycles. The summed E-state index contributed by atoms with van der Waals surface area (Å²) in [6, 6.07) is 19.0. The molecule has 5 nitrogen and oxygen atoms in total. The Morgan fingerprint density at radius 1 is 0.970 bits per heavy atom. The van der Waals surface area contributed by atoms with Crippen molar-refractivity contribution in [3.05, 3.63) is 71.8 Å². The van der Waals surface area contributed by atoms with E-state index in [1.54, 1.807) is 28.6 Å². The third-order valence-corrected chi connectivity index (χ3v) is 7.88. The summed E-state index contributed by atoms with van der Waals surface area (Å²) in [6.45, 7) is 7.37. The van der Waals surface area contributed by atoms with Gasteiger partial charge in [0.15, 0.2) is 0 Å². The van der Waals surface area contributed by atoms with E-state index in [0.29, 0.717) is 18.0 Å². The van der Waals surface area contributed by atoms with Gasteiger partial charge >= 0.3 is 0 Å². The van der Waals surface area contributed by atoms with Crippen LogP contribution in [0.2, 0.25) is 0 Å². The molecule has 0 unspecified atom stereocenters. The van der Waals surface area contributed by atoms with Gasteiger partial charge in [-0.1, -0.05) is 79.9 Å². The van der Waals surface area contributed by atoms with Crippen LogP contribution in [0.3, 0.4) is 0 Å². The number of sulfonamides is 1. The van der Waals surface area contributed by atoms with E-state index in [0.717, 1.165) is 70.5 Å². The highest BCUT2D eigenvalue weighted by atomic mass is 32.2. The van der Waals surface area contributed by atoms with Gasteiger partial charge in [-0.25, -0.2) is 8.42 Å². The van der Waals surface area contributed by atoms with Crippen LogP contribution < -0.4 is 0 Å². The Hall–Kier alpha value is -1.99. The van der Waals surface area contributed by atoms with Gasteiger partial charge in [-0.05, 0) is 43.5 Å². The zero-order valence-electron chi connectivity index (χ0n) is 19.9. The lowest BCUT2D eigenvalue weighted by atomic mass is 10.0. The van der Waals surface area contributed by atoms with Gasteiger partial charge in [0, 0.05) is 26.2 Å². The van der Waals surface area contributed by atoms with Gasteiger partial charge < -0.3 is 4.74 Å². The van der Waals surface area contributed by atoms with Crippen LogP contribution in [0.1, 0.15) is 44.6 Å². The van der Waals surface area contributed by atoms with Crippen molar-refractivity contribution in [2.45, 2.75) is 43.9 Å². The predicted molar refractivity (Wildman–Crippen MR) is 136 cm³/mol. The molecule has 0 bridgehead atoms. The van der Waals surface area contributed by atoms with Gasteiger partial charge in [0.25, 0.3) is 0 Å². The quantitative estimate of drug-likeness (QED) is 0.384. The molecule has 0 N–H and O–H groups in total. The molecule has 1 heterocycles. The Bertz CT molecular complexity index is 940. The molecular formula is C27H38N2O3S. The number of unbranched alkanes of at least 4 members (excludes halogenated alkanes) is 2. The minimum atomic E-state index is -3.57. The molecular weight excluding hydrogens is 432 g/mol. The summed E-state index contributed by atoms with van der Waals surface area (Å²) < 4.78 is 34.3. The van der Waals surface area contributed by atoms with Gasteiger partial charge in [-0.2, -0.15) is 4.31 Å². The standard InChI is InChI=1S/C27H38N2O3S/c1-2-3-6-14-26(23-25-12-7-4-8-13-25)24-29(18-11-17-28-19-21-32-22-20-28)33(30,31)27-15-9-5-10-16-27/h4-5,7-10,12-13,15-16,23H,2-3,6,11,14,17-22,24H2,1H3/b26-23+. The number of benzene rings is 2. The van der Waals surface area contributed by atoms with Crippen LogP contribution >= 0.6 is 0 Å². The number of morpholine rings is 1. The Labute approximate surface area is 200 Å². The lowest BCUT2D eigenvalue weighted by Crippen LogP contribution is -2.39. The molecule has 1 fully saturated rings. The number of nitrogens with zero attached hydrogens (tertiary/aromatic N) is 2. The molecule has 180 valence electrons. The molecule has 2 aromatic carbocycles. The molecule has 1 aliphatic heterocycles. The largest absolute Gasteiger partial charge is 0.379 e. The second-order valence-corrected chi connectivity index (χ2v) is 10.6. The first-order chi connectivity index (χ1) is 16.1. The first kappa shape index (κ1) is 25.6. The maximum absolute atomic E-state index is 13.6. The Morgan fingerprint density at radius 2 is 1.64 bits per heavy atom. The van der Waals surface area contributed by atoms with E-state index in [4.69, 9.17) is 4.74 Å². The Kier molecular flexibility index (Phi) is 10.6. The molecule has 0 spiro atoms. The molecule has 3 rings (SSSR count). The Balaban J connectivity index is 1.79. The number of ether oxygens (including phenoxy) is 1. The molecule has 2 aromatic rings. The van der Waals surface area contributed by atoms with Crippen molar-refractivity contribution in [3.63, 3.8) is 0 Å². The van der Waals surface area contributed by atoms with Crippen molar-refractivity contribution in [3.8, 4) is 0 Å². The zero-order valence-corrected chi connectivity index (χ0v) is 20.7. The monoisotopic (exact) mass is 470 g/mol. The molecule has 0 amide bonds. The van der Waals surface area contributed by atoms with Crippen LogP contribution in [0.5, 0.6) is 0 Å². The van der Waals surface area contributed by atoms with Crippen molar-refractivity contribution < 1.29 is 13.2 Å². The fourth-order valence-electron chi connectivity index (χ4n) is 4.13. The maximum atomic E-state index is 13.6. The minimum Gasteiger partial charge on any atom is -0.379 e. The van der Waals surface area contributed by atoms with E-state index in [-0.39, 0.29) is 0 Å². The summed E-state index contributed by atoms with van der Waals surface area (Å²) in [4.78, 5) is 2.72. The van der Waals surface area contributed by atoms with E-state index in [1.807, 2.05) is 24.3 Å². The molecule has 0 atom stereocenters. The van der Waals surface area contributed by atoms with Gasteiger partial charge in [0.05, 0.1) is 18.1 Å². The SMILES string of the molecule is CCCCC/C(=C\c1ccccc1)CN(CCCN1CCOCC1)S(=O)(=O)c1ccccc1. The van der Waals surface area contributed by atoms with Crippen molar-refractivity contribution >= 4 is 16.1 Å². The molecule has 0 saturated carbocycles. The van der Waals surface area contributed by atoms with Gasteiger partial charge in [-0.3, -0.25) is 4.90 Å². The summed E-state index contributed by atoms with van der Waals surface area (Å²) in [5, 5.41) is 0. The first-order valence-corrected chi connectivity index (χ1v) is 13.6. The van der Waals surface area contributed by atoms with Crippen LogP contribution in [0, 0.1) is 0 Å². The fraction of sp³-hybridized carbons (Fsp3) is 0.481. The van der Waals surface area contributed by atoms with Gasteiger partial charge in [0.1, 0.15) is 0 Å². The third kappa shape index (κ3) is 8.38. The van der Waals surface area contributed by atoms with Crippen LogP contribution in [-0.4, -0.2) is 63.6 Å². The van der Waals surface area contributed by atoms with Crippen molar-refractivity contribution in [1.29, 1.82) is 0 Å². The van der Waals surface area contributed by atoms with E-state index in [1.165, 1.54) is 5.57 Å². The first-order valence-electron chi connectivity index (χ1n) is 12.2. The second-order valence-electron chi connectivity index (χ2n) is 8.63. The highest BCUT2D eigenvalue weighted by Gasteiger charge is 2.25. The van der Waals surface area contributed by atoms with Gasteiger partial charge in [0.2, 0.25) is 10.0 Å². The number of hydrogen-bond acceptors (Lipinski definition) is 4. The Morgan fingerprint density at radius 3 is 2.30 bits per heavy atom. The zero-order chi connectivity index (χ0) is 23.4. The molecule has 6 heteroatoms. The number of hydrogen-bond donors (Lipinski definition) is 0. The van der Waals surface area contributed by atoms with E-state index in [2.05, 4.69) is 30.0 Å². The topological polar surface area (TPSA) is 49.9 Å². The van der Waals surface area contributed by atoms with E-state index < -0.39 is 10.0 Å². The molecule has 0 aromatic heterocycles. The highest BCUT2D eigenvalue weighted by molar-refractivity contribution is 7.89. The maximum Gasteiger partial charge on any atom is 0.243 e. The smallest absolute Gasteiger partial charge is 0.243 e. The van der Waals surface area contributed by atoms with Crippen LogP contribution in [-0.2, 0) is 14.8 Å². The molecule has 1 saturated heterocycles. The fourth-order valence-corrected chi connectivity index (χ4v) is 5.64. The van der Waals surface area contributed by atoms with Crippen molar-refractivity contribution in [2.24, 2.45) is 0 Å². The second kappa shape index (κ2) is 13.7. The van der Waals surface area contributed by atoms with E-state index in [9.17, 15) is 8.42 Å². The summed E-state index contributed by atoms with van der Waals surface area (Å²) in [7, 11) is -3.57. The molecule has 1 aliphatic rings. The van der Waals surface area contributed by atoms with Crippen LogP contribution in [0.4, 0.5) is 0 Å². The normalized spacial score (nSPS) is 15.8. The highest BCUT2D eigenvalue weighted by Crippen LogP contribution is 2.21. The van der Waals surface area contributed by atoms with Crippen LogP contribution in [0.25, 0.3) is 6.08 Å². The predicted octanol–water partition coefficient (Wildman–Crippen LogP) is 5.06. The number of rotatable bonds is 13. The summed E-state index contributed by atoms with van der Waals surface area (Å²) in [6.07, 6.45) is 7.25. The third-order valence-electron chi connectivity index (χ3n) is 6.02. The van der Waals surface area contributed by atoms with Gasteiger partial charge in [-0.15, -0.1) is 0 Å². The minimum absolute atomic E-state index is 0.365. The summed E-state index contributed by atoms with van der Waals surface area (Å²) in [5.74, 6) is 0. The average Bonchev–Trinajstić information content (AvgIpc) is 2.85. The lowest BCUT2D eigenvalue weighted by Gasteiger charge is -2.28. The molecule has 33 heavy (non-hydrogen) atoms. The van der Waals surface area contributed by atoms with Crippen molar-refractivity contribution in [1.82, 2.24) is 9.21 Å². The van der Waals surface area contributed by atoms with Crippen LogP contribution in [0.15, 0.2) is 71.1 Å². The molecule has 0 radical (unpaired) electrons. The van der Waals surface area contributed by atoms with Crippen molar-refractivity contribution in [2.75, 3.05) is 45.9 Å².